The van der Waals surface area contributed by atoms with Gasteiger partial charge in [-0.1, -0.05) is 0 Å². The summed E-state index contributed by atoms with van der Waals surface area (Å²) in [6, 6.07) is 5.69. The van der Waals surface area contributed by atoms with Crippen molar-refractivity contribution in [3.63, 3.8) is 0 Å². The second-order valence-corrected chi connectivity index (χ2v) is 4.63. The standard InChI is InChI=1S/C13H19N3O2/c1-9-8-10(2-5-12(9)15-14)13(18)16(6-7-17)11-3-4-11/h2,5,8,11,15,17H,3-4,6-7,14H2,1H3. The molecule has 0 unspecified atom stereocenters. The number of aryl methyl sites for hydroxylation is 1. The molecule has 1 fully saturated rings. The maximum atomic E-state index is 12.3. The minimum atomic E-state index is -0.0155. The summed E-state index contributed by atoms with van der Waals surface area (Å²) in [5, 5.41) is 9.03. The van der Waals surface area contributed by atoms with Gasteiger partial charge in [-0.2, -0.15) is 0 Å². The van der Waals surface area contributed by atoms with E-state index in [1.54, 1.807) is 17.0 Å². The highest BCUT2D eigenvalue weighted by Crippen LogP contribution is 2.28. The van der Waals surface area contributed by atoms with E-state index in [4.69, 9.17) is 10.9 Å². The van der Waals surface area contributed by atoms with Gasteiger partial charge in [0.1, 0.15) is 0 Å². The first-order valence-corrected chi connectivity index (χ1v) is 6.16. The van der Waals surface area contributed by atoms with Crippen LogP contribution in [0.2, 0.25) is 0 Å². The largest absolute Gasteiger partial charge is 0.395 e. The number of nitrogen functional groups attached to an aromatic ring is 1. The number of anilines is 1. The van der Waals surface area contributed by atoms with Crippen LogP contribution in [0.15, 0.2) is 18.2 Å². The molecule has 5 nitrogen and oxygen atoms in total. The van der Waals surface area contributed by atoms with Crippen LogP contribution in [0.3, 0.4) is 0 Å². The fraction of sp³-hybridized carbons (Fsp3) is 0.462. The lowest BCUT2D eigenvalue weighted by Crippen LogP contribution is -2.35. The molecule has 0 heterocycles. The Hall–Kier alpha value is -1.59. The molecule has 1 saturated carbocycles. The molecule has 1 aliphatic carbocycles. The lowest BCUT2D eigenvalue weighted by Gasteiger charge is -2.21. The first-order valence-electron chi connectivity index (χ1n) is 6.16. The number of hydrogen-bond acceptors (Lipinski definition) is 4. The van der Waals surface area contributed by atoms with Gasteiger partial charge in [0.05, 0.1) is 12.3 Å². The second-order valence-electron chi connectivity index (χ2n) is 4.63. The molecule has 1 aliphatic rings. The predicted octanol–water partition coefficient (Wildman–Crippen LogP) is 0.878. The van der Waals surface area contributed by atoms with Gasteiger partial charge in [0.15, 0.2) is 0 Å². The third kappa shape index (κ3) is 2.63. The number of rotatable bonds is 5. The van der Waals surface area contributed by atoms with E-state index in [9.17, 15) is 4.79 Å². The molecule has 5 heteroatoms. The van der Waals surface area contributed by atoms with Crippen molar-refractivity contribution in [2.24, 2.45) is 5.84 Å². The maximum absolute atomic E-state index is 12.3. The molecule has 4 N–H and O–H groups in total. The molecule has 2 rings (SSSR count). The van der Waals surface area contributed by atoms with Gasteiger partial charge in [0, 0.05) is 18.2 Å². The fourth-order valence-corrected chi connectivity index (χ4v) is 2.07. The zero-order chi connectivity index (χ0) is 13.1. The predicted molar refractivity (Wildman–Crippen MR) is 70.1 cm³/mol. The van der Waals surface area contributed by atoms with E-state index < -0.39 is 0 Å². The number of carbonyl (C=O) groups excluding carboxylic acids is 1. The number of carbonyl (C=O) groups is 1. The lowest BCUT2D eigenvalue weighted by molar-refractivity contribution is 0.0707. The highest BCUT2D eigenvalue weighted by molar-refractivity contribution is 5.95. The second kappa shape index (κ2) is 5.37. The quantitative estimate of drug-likeness (QED) is 0.534. The van der Waals surface area contributed by atoms with Crippen molar-refractivity contribution in [1.29, 1.82) is 0 Å². The summed E-state index contributed by atoms with van der Waals surface area (Å²) >= 11 is 0. The number of aliphatic hydroxyl groups is 1. The van der Waals surface area contributed by atoms with E-state index in [1.807, 2.05) is 13.0 Å². The first kappa shape index (κ1) is 12.9. The topological polar surface area (TPSA) is 78.6 Å². The molecule has 1 amide bonds. The molecule has 0 aliphatic heterocycles. The van der Waals surface area contributed by atoms with Crippen LogP contribution in [-0.2, 0) is 0 Å². The highest BCUT2D eigenvalue weighted by Gasteiger charge is 2.32. The van der Waals surface area contributed by atoms with Crippen LogP contribution in [0, 0.1) is 6.92 Å². The first-order chi connectivity index (χ1) is 8.67. The lowest BCUT2D eigenvalue weighted by atomic mass is 10.1. The normalized spacial score (nSPS) is 14.4. The Kier molecular flexibility index (Phi) is 3.84. The third-order valence-corrected chi connectivity index (χ3v) is 3.22. The smallest absolute Gasteiger partial charge is 0.254 e. The number of nitrogens with zero attached hydrogens (tertiary/aromatic N) is 1. The molecule has 0 atom stereocenters. The average molecular weight is 249 g/mol. The molecule has 1 aromatic carbocycles. The summed E-state index contributed by atoms with van der Waals surface area (Å²) in [5.74, 6) is 5.35. The minimum Gasteiger partial charge on any atom is -0.395 e. The van der Waals surface area contributed by atoms with E-state index in [0.717, 1.165) is 24.1 Å². The molecule has 1 aromatic rings. The maximum Gasteiger partial charge on any atom is 0.254 e. The van der Waals surface area contributed by atoms with Crippen molar-refractivity contribution in [2.75, 3.05) is 18.6 Å². The van der Waals surface area contributed by atoms with Gasteiger partial charge in [-0.3, -0.25) is 10.6 Å². The van der Waals surface area contributed by atoms with Crippen molar-refractivity contribution in [2.45, 2.75) is 25.8 Å². The summed E-state index contributed by atoms with van der Waals surface area (Å²) < 4.78 is 0. The number of hydrazine groups is 1. The molecular formula is C13H19N3O2. The van der Waals surface area contributed by atoms with Crippen LogP contribution in [-0.4, -0.2) is 35.1 Å². The minimum absolute atomic E-state index is 0.00363. The monoisotopic (exact) mass is 249 g/mol. The Morgan fingerprint density at radius 1 is 1.56 bits per heavy atom. The number of nitrogens with two attached hydrogens (primary N) is 1. The fourth-order valence-electron chi connectivity index (χ4n) is 2.07. The SMILES string of the molecule is Cc1cc(C(=O)N(CCO)C2CC2)ccc1NN. The van der Waals surface area contributed by atoms with E-state index in [2.05, 4.69) is 5.43 Å². The van der Waals surface area contributed by atoms with Crippen molar-refractivity contribution in [1.82, 2.24) is 4.90 Å². The molecule has 0 spiro atoms. The number of hydrogen-bond donors (Lipinski definition) is 3. The summed E-state index contributed by atoms with van der Waals surface area (Å²) in [6.45, 7) is 2.31. The zero-order valence-electron chi connectivity index (χ0n) is 10.5. The number of benzene rings is 1. The number of nitrogens with one attached hydrogen (secondary N) is 1. The molecule has 98 valence electrons. The van der Waals surface area contributed by atoms with Crippen LogP contribution in [0.1, 0.15) is 28.8 Å². The van der Waals surface area contributed by atoms with Crippen LogP contribution in [0.25, 0.3) is 0 Å². The van der Waals surface area contributed by atoms with Gasteiger partial charge in [0.2, 0.25) is 0 Å². The van der Waals surface area contributed by atoms with Gasteiger partial charge in [0.25, 0.3) is 5.91 Å². The number of amides is 1. The van der Waals surface area contributed by atoms with E-state index in [0.29, 0.717) is 18.2 Å². The highest BCUT2D eigenvalue weighted by atomic mass is 16.3. The molecule has 0 aromatic heterocycles. The average Bonchev–Trinajstić information content (AvgIpc) is 3.19. The Morgan fingerprint density at radius 3 is 2.78 bits per heavy atom. The van der Waals surface area contributed by atoms with Crippen molar-refractivity contribution >= 4 is 11.6 Å². The van der Waals surface area contributed by atoms with Crippen LogP contribution in [0.5, 0.6) is 0 Å². The van der Waals surface area contributed by atoms with Crippen molar-refractivity contribution < 1.29 is 9.90 Å². The molecule has 0 bridgehead atoms. The van der Waals surface area contributed by atoms with Crippen LogP contribution in [0.4, 0.5) is 5.69 Å². The summed E-state index contributed by atoms with van der Waals surface area (Å²) in [4.78, 5) is 14.1. The van der Waals surface area contributed by atoms with Gasteiger partial charge in [-0.25, -0.2) is 0 Å². The Morgan fingerprint density at radius 2 is 2.28 bits per heavy atom. The molecule has 0 radical (unpaired) electrons. The Balaban J connectivity index is 2.18. The molecular weight excluding hydrogens is 230 g/mol. The van der Waals surface area contributed by atoms with E-state index >= 15 is 0 Å². The van der Waals surface area contributed by atoms with Crippen LogP contribution < -0.4 is 11.3 Å². The Labute approximate surface area is 107 Å². The van der Waals surface area contributed by atoms with E-state index in [1.165, 1.54) is 0 Å². The summed E-state index contributed by atoms with van der Waals surface area (Å²) in [6.07, 6.45) is 2.07. The van der Waals surface area contributed by atoms with Gasteiger partial charge < -0.3 is 15.4 Å². The van der Waals surface area contributed by atoms with Crippen LogP contribution >= 0.6 is 0 Å². The third-order valence-electron chi connectivity index (χ3n) is 3.22. The molecule has 18 heavy (non-hydrogen) atoms. The summed E-state index contributed by atoms with van der Waals surface area (Å²) in [5.41, 5.74) is 4.98. The van der Waals surface area contributed by atoms with Gasteiger partial charge >= 0.3 is 0 Å². The zero-order valence-corrected chi connectivity index (χ0v) is 10.5. The number of aliphatic hydroxyl groups excluding tert-OH is 1. The molecule has 0 saturated heterocycles. The summed E-state index contributed by atoms with van der Waals surface area (Å²) in [7, 11) is 0. The van der Waals surface area contributed by atoms with Gasteiger partial charge in [-0.15, -0.1) is 0 Å². The van der Waals surface area contributed by atoms with E-state index in [-0.39, 0.29) is 12.5 Å². The Bertz CT molecular complexity index is 444. The van der Waals surface area contributed by atoms with Crippen molar-refractivity contribution in [3.05, 3.63) is 29.3 Å². The van der Waals surface area contributed by atoms with Crippen molar-refractivity contribution in [3.8, 4) is 0 Å². The van der Waals surface area contributed by atoms with Gasteiger partial charge in [-0.05, 0) is 43.5 Å².